The summed E-state index contributed by atoms with van der Waals surface area (Å²) in [4.78, 5) is 0. The lowest BCUT2D eigenvalue weighted by atomic mass is 10.0. The average molecular weight is 345 g/mol. The Kier molecular flexibility index (Phi) is 3.15. The molecule has 3 aromatic carbocycles. The van der Waals surface area contributed by atoms with E-state index in [9.17, 15) is 0 Å². The van der Waals surface area contributed by atoms with E-state index >= 15 is 0 Å². The van der Waals surface area contributed by atoms with E-state index in [0.717, 1.165) is 38.4 Å². The molecule has 5 aromatic rings. The maximum Gasteiger partial charge on any atom is 0.178 e. The van der Waals surface area contributed by atoms with Gasteiger partial charge < -0.3 is 18.4 Å². The minimum Gasteiger partial charge on any atom is -0.493 e. The van der Waals surface area contributed by atoms with Crippen molar-refractivity contribution in [3.8, 4) is 22.8 Å². The van der Waals surface area contributed by atoms with Crippen molar-refractivity contribution in [1.82, 2.24) is 5.16 Å². The summed E-state index contributed by atoms with van der Waals surface area (Å²) in [5.74, 6) is 1.94. The molecule has 0 amide bonds. The summed E-state index contributed by atoms with van der Waals surface area (Å²) in [6.07, 6.45) is 0. The van der Waals surface area contributed by atoms with Crippen LogP contribution in [0.15, 0.2) is 63.5 Å². The SMILES string of the molecule is COc1ccc(-c2onc3ccc4c5ccccc5oc4c23)cc1OC. The largest absolute Gasteiger partial charge is 0.493 e. The zero-order chi connectivity index (χ0) is 17.7. The average Bonchev–Trinajstić information content (AvgIpc) is 3.28. The fourth-order valence-electron chi connectivity index (χ4n) is 3.39. The van der Waals surface area contributed by atoms with E-state index in [0.29, 0.717) is 17.3 Å². The van der Waals surface area contributed by atoms with Crippen LogP contribution in [0.5, 0.6) is 11.5 Å². The van der Waals surface area contributed by atoms with Crippen LogP contribution >= 0.6 is 0 Å². The zero-order valence-electron chi connectivity index (χ0n) is 14.3. The van der Waals surface area contributed by atoms with Crippen LogP contribution in [0.3, 0.4) is 0 Å². The summed E-state index contributed by atoms with van der Waals surface area (Å²) in [6.45, 7) is 0. The minimum absolute atomic E-state index is 0.631. The molecule has 0 aliphatic rings. The zero-order valence-corrected chi connectivity index (χ0v) is 14.3. The Hall–Kier alpha value is -3.47. The predicted molar refractivity (Wildman–Crippen MR) is 99.8 cm³/mol. The summed E-state index contributed by atoms with van der Waals surface area (Å²) in [7, 11) is 3.22. The lowest BCUT2D eigenvalue weighted by molar-refractivity contribution is 0.355. The maximum atomic E-state index is 6.13. The van der Waals surface area contributed by atoms with E-state index in [1.807, 2.05) is 48.5 Å². The topological polar surface area (TPSA) is 57.6 Å². The van der Waals surface area contributed by atoms with Gasteiger partial charge in [-0.3, -0.25) is 0 Å². The van der Waals surface area contributed by atoms with Crippen LogP contribution in [0.2, 0.25) is 0 Å². The smallest absolute Gasteiger partial charge is 0.178 e. The van der Waals surface area contributed by atoms with Crippen molar-refractivity contribution in [3.05, 3.63) is 54.6 Å². The third kappa shape index (κ3) is 2.00. The molecule has 26 heavy (non-hydrogen) atoms. The van der Waals surface area contributed by atoms with Gasteiger partial charge in [-0.05, 0) is 36.4 Å². The highest BCUT2D eigenvalue weighted by atomic mass is 16.5. The normalized spacial score (nSPS) is 11.5. The van der Waals surface area contributed by atoms with Gasteiger partial charge in [0.05, 0.1) is 19.6 Å². The van der Waals surface area contributed by atoms with Crippen molar-refractivity contribution in [1.29, 1.82) is 0 Å². The van der Waals surface area contributed by atoms with E-state index in [1.165, 1.54) is 0 Å². The van der Waals surface area contributed by atoms with Gasteiger partial charge in [-0.25, -0.2) is 0 Å². The number of rotatable bonds is 3. The minimum atomic E-state index is 0.631. The van der Waals surface area contributed by atoms with E-state index in [1.54, 1.807) is 14.2 Å². The molecule has 5 rings (SSSR count). The summed E-state index contributed by atoms with van der Waals surface area (Å²) in [6, 6.07) is 17.6. The third-order valence-electron chi connectivity index (χ3n) is 4.63. The monoisotopic (exact) mass is 345 g/mol. The number of nitrogens with zero attached hydrogens (tertiary/aromatic N) is 1. The van der Waals surface area contributed by atoms with Gasteiger partial charge in [0.2, 0.25) is 0 Å². The van der Waals surface area contributed by atoms with Crippen LogP contribution in [0.25, 0.3) is 44.2 Å². The molecule has 2 aromatic heterocycles. The highest BCUT2D eigenvalue weighted by Crippen LogP contribution is 2.40. The summed E-state index contributed by atoms with van der Waals surface area (Å²) < 4.78 is 22.5. The lowest BCUT2D eigenvalue weighted by Crippen LogP contribution is -1.90. The van der Waals surface area contributed by atoms with E-state index in [4.69, 9.17) is 18.4 Å². The quantitative estimate of drug-likeness (QED) is 0.437. The highest BCUT2D eigenvalue weighted by molar-refractivity contribution is 6.17. The molecule has 0 aliphatic heterocycles. The van der Waals surface area contributed by atoms with Gasteiger partial charge >= 0.3 is 0 Å². The summed E-state index contributed by atoms with van der Waals surface area (Å²) in [5, 5.41) is 7.17. The first-order valence-electron chi connectivity index (χ1n) is 8.22. The number of hydrogen-bond donors (Lipinski definition) is 0. The molecule has 0 bridgehead atoms. The van der Waals surface area contributed by atoms with Crippen LogP contribution in [0.1, 0.15) is 0 Å². The van der Waals surface area contributed by atoms with E-state index in [2.05, 4.69) is 11.2 Å². The Morgan fingerprint density at radius 2 is 1.69 bits per heavy atom. The van der Waals surface area contributed by atoms with Gasteiger partial charge in [0, 0.05) is 16.3 Å². The van der Waals surface area contributed by atoms with Crippen molar-refractivity contribution in [2.24, 2.45) is 0 Å². The van der Waals surface area contributed by atoms with E-state index < -0.39 is 0 Å². The van der Waals surface area contributed by atoms with Crippen molar-refractivity contribution in [2.75, 3.05) is 14.2 Å². The molecular formula is C21H15NO4. The fourth-order valence-corrected chi connectivity index (χ4v) is 3.39. The standard InChI is InChI=1S/C21H15NO4/c1-23-17-10-7-12(11-18(17)24-2)20-19-15(22-26-20)9-8-14-13-5-3-4-6-16(13)25-21(14)19/h3-11H,1-2H3. The van der Waals surface area contributed by atoms with Crippen LogP contribution in [0.4, 0.5) is 0 Å². The maximum absolute atomic E-state index is 6.13. The number of benzene rings is 3. The van der Waals surface area contributed by atoms with Crippen LogP contribution < -0.4 is 9.47 Å². The highest BCUT2D eigenvalue weighted by Gasteiger charge is 2.19. The van der Waals surface area contributed by atoms with Crippen LogP contribution in [-0.2, 0) is 0 Å². The Morgan fingerprint density at radius 3 is 2.54 bits per heavy atom. The van der Waals surface area contributed by atoms with Gasteiger partial charge in [0.1, 0.15) is 16.7 Å². The van der Waals surface area contributed by atoms with Gasteiger partial charge in [-0.1, -0.05) is 23.4 Å². The molecule has 0 unspecified atom stereocenters. The Morgan fingerprint density at radius 1 is 0.846 bits per heavy atom. The molecule has 0 spiro atoms. The summed E-state index contributed by atoms with van der Waals surface area (Å²) in [5.41, 5.74) is 3.21. The number of ether oxygens (including phenoxy) is 2. The van der Waals surface area contributed by atoms with Crippen LogP contribution in [-0.4, -0.2) is 19.4 Å². The molecular weight excluding hydrogens is 330 g/mol. The molecule has 0 saturated heterocycles. The van der Waals surface area contributed by atoms with Gasteiger partial charge in [0.15, 0.2) is 17.3 Å². The number of fused-ring (bicyclic) bond motifs is 5. The van der Waals surface area contributed by atoms with Crippen LogP contribution in [0, 0.1) is 0 Å². The van der Waals surface area contributed by atoms with Crippen molar-refractivity contribution in [3.63, 3.8) is 0 Å². The molecule has 2 heterocycles. The second-order valence-electron chi connectivity index (χ2n) is 6.02. The third-order valence-corrected chi connectivity index (χ3v) is 4.63. The number of para-hydroxylation sites is 1. The van der Waals surface area contributed by atoms with E-state index in [-0.39, 0.29) is 0 Å². The van der Waals surface area contributed by atoms with Gasteiger partial charge in [-0.2, -0.15) is 0 Å². The number of methoxy groups -OCH3 is 2. The molecule has 0 aliphatic carbocycles. The molecule has 0 saturated carbocycles. The van der Waals surface area contributed by atoms with Crippen molar-refractivity contribution in [2.45, 2.75) is 0 Å². The van der Waals surface area contributed by atoms with Crippen molar-refractivity contribution >= 4 is 32.8 Å². The fraction of sp³-hybridized carbons (Fsp3) is 0.0952. The molecule has 0 atom stereocenters. The molecule has 128 valence electrons. The van der Waals surface area contributed by atoms with Crippen molar-refractivity contribution < 1.29 is 18.4 Å². The first kappa shape index (κ1) is 14.8. The molecule has 5 nitrogen and oxygen atoms in total. The van der Waals surface area contributed by atoms with Gasteiger partial charge in [0.25, 0.3) is 0 Å². The number of furan rings is 1. The predicted octanol–water partition coefficient (Wildman–Crippen LogP) is 5.41. The number of hydrogen-bond acceptors (Lipinski definition) is 5. The first-order valence-corrected chi connectivity index (χ1v) is 8.22. The lowest BCUT2D eigenvalue weighted by Gasteiger charge is -2.08. The molecule has 0 N–H and O–H groups in total. The first-order chi connectivity index (χ1) is 12.8. The Bertz CT molecular complexity index is 1270. The molecule has 0 fully saturated rings. The Balaban J connectivity index is 1.84. The second-order valence-corrected chi connectivity index (χ2v) is 6.02. The summed E-state index contributed by atoms with van der Waals surface area (Å²) >= 11 is 0. The number of aromatic nitrogens is 1. The van der Waals surface area contributed by atoms with Gasteiger partial charge in [-0.15, -0.1) is 0 Å². The Labute approximate surface area is 148 Å². The second kappa shape index (κ2) is 5.52. The molecule has 0 radical (unpaired) electrons. The molecule has 5 heteroatoms.